The van der Waals surface area contributed by atoms with E-state index in [0.717, 1.165) is 6.42 Å². The topological polar surface area (TPSA) is 49.7 Å². The molecule has 17 heavy (non-hydrogen) atoms. The van der Waals surface area contributed by atoms with Crippen LogP contribution in [-0.2, 0) is 4.74 Å². The van der Waals surface area contributed by atoms with Gasteiger partial charge in [0.15, 0.2) is 0 Å². The molecule has 0 radical (unpaired) electrons. The molecular formula is C14H32O3. The van der Waals surface area contributed by atoms with Crippen molar-refractivity contribution in [2.75, 3.05) is 13.2 Å². The zero-order chi connectivity index (χ0) is 13.5. The third-order valence-corrected chi connectivity index (χ3v) is 2.18. The van der Waals surface area contributed by atoms with E-state index in [0.29, 0.717) is 13.2 Å². The molecule has 106 valence electrons. The summed E-state index contributed by atoms with van der Waals surface area (Å²) in [6.45, 7) is 8.63. The van der Waals surface area contributed by atoms with Crippen LogP contribution in [0.3, 0.4) is 0 Å². The maximum Gasteiger partial charge on any atom is 0.0745 e. The van der Waals surface area contributed by atoms with E-state index < -0.39 is 0 Å². The van der Waals surface area contributed by atoms with Gasteiger partial charge in [-0.05, 0) is 27.2 Å². The zero-order valence-corrected chi connectivity index (χ0v) is 12.1. The van der Waals surface area contributed by atoms with Gasteiger partial charge in [0.25, 0.3) is 0 Å². The standard InChI is InChI=1S/C8H18O.C6H14O2/c1-2-3-4-5-6-7-8-9;1-5(2)8-4-6(3)7/h9H,2-8H2,1H3;5-7H,4H2,1-3H3. The van der Waals surface area contributed by atoms with Crippen LogP contribution in [0.15, 0.2) is 0 Å². The fourth-order valence-electron chi connectivity index (χ4n) is 1.22. The van der Waals surface area contributed by atoms with E-state index >= 15 is 0 Å². The van der Waals surface area contributed by atoms with Crippen LogP contribution in [0.1, 0.15) is 66.2 Å². The SMILES string of the molecule is CC(O)COC(C)C.CCCCCCCCO. The first-order chi connectivity index (χ1) is 8.04. The molecule has 0 aromatic carbocycles. The highest BCUT2D eigenvalue weighted by Crippen LogP contribution is 2.03. The van der Waals surface area contributed by atoms with Gasteiger partial charge in [0, 0.05) is 6.61 Å². The van der Waals surface area contributed by atoms with Crippen LogP contribution in [0.25, 0.3) is 0 Å². The minimum absolute atomic E-state index is 0.226. The summed E-state index contributed by atoms with van der Waals surface area (Å²) in [5, 5.41) is 17.1. The van der Waals surface area contributed by atoms with Gasteiger partial charge in [0.2, 0.25) is 0 Å². The van der Waals surface area contributed by atoms with Crippen molar-refractivity contribution in [1.82, 2.24) is 0 Å². The maximum atomic E-state index is 8.68. The number of hydrogen-bond acceptors (Lipinski definition) is 3. The summed E-state index contributed by atoms with van der Waals surface area (Å²) in [7, 11) is 0. The predicted octanol–water partition coefficient (Wildman–Crippen LogP) is 3.13. The van der Waals surface area contributed by atoms with E-state index in [-0.39, 0.29) is 12.2 Å². The second-order valence-electron chi connectivity index (χ2n) is 4.72. The molecule has 2 N–H and O–H groups in total. The molecule has 3 nitrogen and oxygen atoms in total. The molecule has 0 saturated heterocycles. The summed E-state index contributed by atoms with van der Waals surface area (Å²) in [6.07, 6.45) is 7.39. The summed E-state index contributed by atoms with van der Waals surface area (Å²) in [6, 6.07) is 0. The first kappa shape index (κ1) is 19.2. The Kier molecular flexibility index (Phi) is 18.0. The number of hydrogen-bond donors (Lipinski definition) is 2. The molecular weight excluding hydrogens is 216 g/mol. The van der Waals surface area contributed by atoms with Gasteiger partial charge < -0.3 is 14.9 Å². The summed E-state index contributed by atoms with van der Waals surface area (Å²) in [5.41, 5.74) is 0. The van der Waals surface area contributed by atoms with Gasteiger partial charge in [-0.25, -0.2) is 0 Å². The first-order valence-corrected chi connectivity index (χ1v) is 6.95. The van der Waals surface area contributed by atoms with Crippen LogP contribution < -0.4 is 0 Å². The largest absolute Gasteiger partial charge is 0.396 e. The molecule has 0 amide bonds. The van der Waals surface area contributed by atoms with Gasteiger partial charge in [-0.1, -0.05) is 39.0 Å². The van der Waals surface area contributed by atoms with Gasteiger partial charge in [0.05, 0.1) is 18.8 Å². The molecule has 1 unspecified atom stereocenters. The Morgan fingerprint density at radius 1 is 0.941 bits per heavy atom. The zero-order valence-electron chi connectivity index (χ0n) is 12.1. The smallest absolute Gasteiger partial charge is 0.0745 e. The Balaban J connectivity index is 0. The lowest BCUT2D eigenvalue weighted by Gasteiger charge is -2.07. The van der Waals surface area contributed by atoms with Crippen molar-refractivity contribution in [3.05, 3.63) is 0 Å². The second-order valence-corrected chi connectivity index (χ2v) is 4.72. The Hall–Kier alpha value is -0.120. The molecule has 0 bridgehead atoms. The third kappa shape index (κ3) is 25.8. The maximum absolute atomic E-state index is 8.68. The van der Waals surface area contributed by atoms with Crippen LogP contribution in [-0.4, -0.2) is 35.6 Å². The van der Waals surface area contributed by atoms with Crippen molar-refractivity contribution < 1.29 is 14.9 Å². The Labute approximate surface area is 107 Å². The number of unbranched alkanes of at least 4 members (excludes halogenated alkanes) is 5. The van der Waals surface area contributed by atoms with E-state index in [9.17, 15) is 0 Å². The lowest BCUT2D eigenvalue weighted by molar-refractivity contribution is 0.0134. The van der Waals surface area contributed by atoms with Gasteiger partial charge >= 0.3 is 0 Å². The van der Waals surface area contributed by atoms with E-state index in [4.69, 9.17) is 14.9 Å². The molecule has 0 fully saturated rings. The Morgan fingerprint density at radius 3 is 1.82 bits per heavy atom. The number of ether oxygens (including phenoxy) is 1. The van der Waals surface area contributed by atoms with Crippen LogP contribution in [0.2, 0.25) is 0 Å². The quantitative estimate of drug-likeness (QED) is 0.616. The number of aliphatic hydroxyl groups is 2. The van der Waals surface area contributed by atoms with Crippen molar-refractivity contribution in [3.63, 3.8) is 0 Å². The number of aliphatic hydroxyl groups excluding tert-OH is 2. The molecule has 3 heteroatoms. The Morgan fingerprint density at radius 2 is 1.47 bits per heavy atom. The lowest BCUT2D eigenvalue weighted by Crippen LogP contribution is -2.14. The highest BCUT2D eigenvalue weighted by atomic mass is 16.5. The van der Waals surface area contributed by atoms with Crippen molar-refractivity contribution in [3.8, 4) is 0 Å². The van der Waals surface area contributed by atoms with E-state index in [1.54, 1.807) is 6.92 Å². The molecule has 0 aromatic rings. The summed E-state index contributed by atoms with van der Waals surface area (Å²) in [5.74, 6) is 0. The van der Waals surface area contributed by atoms with Crippen LogP contribution in [0, 0.1) is 0 Å². The summed E-state index contributed by atoms with van der Waals surface area (Å²) >= 11 is 0. The fourth-order valence-corrected chi connectivity index (χ4v) is 1.22. The normalized spacial score (nSPS) is 12.2. The molecule has 1 atom stereocenters. The van der Waals surface area contributed by atoms with Crippen LogP contribution >= 0.6 is 0 Å². The average molecular weight is 248 g/mol. The number of rotatable bonds is 9. The third-order valence-electron chi connectivity index (χ3n) is 2.18. The van der Waals surface area contributed by atoms with Gasteiger partial charge in [-0.3, -0.25) is 0 Å². The van der Waals surface area contributed by atoms with Gasteiger partial charge in [-0.15, -0.1) is 0 Å². The van der Waals surface area contributed by atoms with E-state index in [1.165, 1.54) is 32.1 Å². The minimum Gasteiger partial charge on any atom is -0.396 e. The van der Waals surface area contributed by atoms with Crippen LogP contribution in [0.5, 0.6) is 0 Å². The van der Waals surface area contributed by atoms with Gasteiger partial charge in [-0.2, -0.15) is 0 Å². The Bertz CT molecular complexity index is 111. The fraction of sp³-hybridized carbons (Fsp3) is 1.00. The molecule has 0 heterocycles. The molecule has 0 saturated carbocycles. The highest BCUT2D eigenvalue weighted by Gasteiger charge is 1.96. The van der Waals surface area contributed by atoms with E-state index in [1.807, 2.05) is 13.8 Å². The van der Waals surface area contributed by atoms with Crippen molar-refractivity contribution in [2.24, 2.45) is 0 Å². The molecule has 0 spiro atoms. The monoisotopic (exact) mass is 248 g/mol. The lowest BCUT2D eigenvalue weighted by atomic mass is 10.1. The molecule has 0 rings (SSSR count). The predicted molar refractivity (Wildman–Crippen MR) is 73.2 cm³/mol. The highest BCUT2D eigenvalue weighted by molar-refractivity contribution is 4.43. The molecule has 0 aliphatic rings. The van der Waals surface area contributed by atoms with Crippen molar-refractivity contribution in [1.29, 1.82) is 0 Å². The van der Waals surface area contributed by atoms with Gasteiger partial charge in [0.1, 0.15) is 0 Å². The second kappa shape index (κ2) is 15.9. The first-order valence-electron chi connectivity index (χ1n) is 6.95. The summed E-state index contributed by atoms with van der Waals surface area (Å²) < 4.78 is 5.05. The van der Waals surface area contributed by atoms with Crippen molar-refractivity contribution in [2.45, 2.75) is 78.4 Å². The molecule has 0 aliphatic carbocycles. The molecule has 0 aliphatic heterocycles. The average Bonchev–Trinajstić information content (AvgIpc) is 2.27. The summed E-state index contributed by atoms with van der Waals surface area (Å²) in [4.78, 5) is 0. The van der Waals surface area contributed by atoms with E-state index in [2.05, 4.69) is 6.92 Å². The van der Waals surface area contributed by atoms with Crippen molar-refractivity contribution >= 4 is 0 Å². The van der Waals surface area contributed by atoms with Crippen LogP contribution in [0.4, 0.5) is 0 Å². The minimum atomic E-state index is -0.336. The molecule has 0 aromatic heterocycles.